The maximum absolute atomic E-state index is 12.6. The first-order valence-corrected chi connectivity index (χ1v) is 9.50. The molecule has 154 valence electrons. The number of fused-ring (bicyclic) bond motifs is 1. The van der Waals surface area contributed by atoms with E-state index in [-0.39, 0.29) is 0 Å². The molecule has 2 aliphatic rings. The van der Waals surface area contributed by atoms with Crippen LogP contribution in [0.3, 0.4) is 0 Å². The van der Waals surface area contributed by atoms with E-state index in [0.29, 0.717) is 12.2 Å². The lowest BCUT2D eigenvalue weighted by molar-refractivity contribution is -0.359. The second kappa shape index (κ2) is 9.02. The fraction of sp³-hybridized carbons (Fsp3) is 0.409. The molecule has 2 heterocycles. The molecule has 7 heteroatoms. The average Bonchev–Trinajstić information content (AvgIpc) is 2.79. The highest BCUT2D eigenvalue weighted by Crippen LogP contribution is 2.36. The molecule has 4 rings (SSSR count). The van der Waals surface area contributed by atoms with E-state index in [1.54, 1.807) is 31.4 Å². The Morgan fingerprint density at radius 1 is 0.897 bits per heavy atom. The first-order chi connectivity index (χ1) is 14.2. The van der Waals surface area contributed by atoms with E-state index in [2.05, 4.69) is 0 Å². The van der Waals surface area contributed by atoms with Gasteiger partial charge in [0.05, 0.1) is 12.2 Å². The number of ether oxygens (including phenoxy) is 6. The lowest BCUT2D eigenvalue weighted by atomic mass is 9.97. The highest BCUT2D eigenvalue weighted by molar-refractivity contribution is 5.89. The summed E-state index contributed by atoms with van der Waals surface area (Å²) in [6.07, 6.45) is -3.62. The molecule has 2 saturated heterocycles. The Morgan fingerprint density at radius 3 is 2.24 bits per heavy atom. The Kier molecular flexibility index (Phi) is 6.22. The Hall–Kier alpha value is -2.29. The number of carbonyl (C=O) groups is 1. The summed E-state index contributed by atoms with van der Waals surface area (Å²) in [7, 11) is 3.05. The number of carbonyl (C=O) groups excluding carboxylic acids is 1. The third-order valence-corrected chi connectivity index (χ3v) is 5.11. The summed E-state index contributed by atoms with van der Waals surface area (Å²) < 4.78 is 34.9. The molecule has 0 unspecified atom stereocenters. The van der Waals surface area contributed by atoms with Gasteiger partial charge in [0, 0.05) is 19.8 Å². The average molecular weight is 400 g/mol. The number of hydrogen-bond donors (Lipinski definition) is 0. The van der Waals surface area contributed by atoms with Crippen molar-refractivity contribution in [1.29, 1.82) is 0 Å². The van der Waals surface area contributed by atoms with Crippen LogP contribution in [-0.4, -0.2) is 57.5 Å². The molecular formula is C22H24O7. The minimum Gasteiger partial charge on any atom is -0.450 e. The molecule has 0 spiro atoms. The van der Waals surface area contributed by atoms with E-state index in [1.807, 2.05) is 36.4 Å². The molecule has 0 saturated carbocycles. The van der Waals surface area contributed by atoms with E-state index in [0.717, 1.165) is 5.56 Å². The van der Waals surface area contributed by atoms with Gasteiger partial charge in [0.25, 0.3) is 0 Å². The van der Waals surface area contributed by atoms with Crippen LogP contribution in [0.15, 0.2) is 60.7 Å². The van der Waals surface area contributed by atoms with Crippen LogP contribution >= 0.6 is 0 Å². The third-order valence-electron chi connectivity index (χ3n) is 5.11. The minimum atomic E-state index is -0.798. The number of hydrogen-bond acceptors (Lipinski definition) is 7. The largest absolute Gasteiger partial charge is 0.450 e. The predicted molar refractivity (Wildman–Crippen MR) is 102 cm³/mol. The standard InChI is InChI=1S/C22H24O7/c1-24-18-17-16(13-26-21(29-17)15-11-7-4-8-12-15)27-22(25-2)19(18)28-20(23)14-9-5-3-6-10-14/h3-12,16-19,21-22H,13H2,1-2H3/t16-,17+,18+,19-,21+,22+/m1/s1. The number of benzene rings is 2. The zero-order chi connectivity index (χ0) is 20.2. The quantitative estimate of drug-likeness (QED) is 0.715. The lowest BCUT2D eigenvalue weighted by Crippen LogP contribution is -2.63. The fourth-order valence-corrected chi connectivity index (χ4v) is 3.68. The van der Waals surface area contributed by atoms with Gasteiger partial charge in [-0.3, -0.25) is 0 Å². The van der Waals surface area contributed by atoms with Crippen molar-refractivity contribution in [2.45, 2.75) is 37.0 Å². The topological polar surface area (TPSA) is 72.5 Å². The number of esters is 1. The molecule has 2 aromatic rings. The first kappa shape index (κ1) is 20.0. The van der Waals surface area contributed by atoms with Crippen LogP contribution in [0.1, 0.15) is 22.2 Å². The lowest BCUT2D eigenvalue weighted by Gasteiger charge is -2.47. The van der Waals surface area contributed by atoms with Crippen LogP contribution in [0.4, 0.5) is 0 Å². The molecule has 6 atom stereocenters. The Morgan fingerprint density at radius 2 is 1.59 bits per heavy atom. The van der Waals surface area contributed by atoms with Gasteiger partial charge in [-0.05, 0) is 12.1 Å². The van der Waals surface area contributed by atoms with Crippen LogP contribution in [-0.2, 0) is 28.4 Å². The molecule has 0 N–H and O–H groups in total. The summed E-state index contributed by atoms with van der Waals surface area (Å²) in [5, 5.41) is 0. The smallest absolute Gasteiger partial charge is 0.338 e. The number of methoxy groups -OCH3 is 2. The maximum atomic E-state index is 12.6. The normalized spacial score (nSPS) is 31.7. The van der Waals surface area contributed by atoms with Crippen molar-refractivity contribution in [2.24, 2.45) is 0 Å². The van der Waals surface area contributed by atoms with Gasteiger partial charge in [0.2, 0.25) is 0 Å². The Balaban J connectivity index is 1.54. The summed E-state index contributed by atoms with van der Waals surface area (Å²) in [5.74, 6) is -0.478. The van der Waals surface area contributed by atoms with Gasteiger partial charge in [0.15, 0.2) is 18.7 Å². The highest BCUT2D eigenvalue weighted by atomic mass is 16.8. The molecule has 0 amide bonds. The van der Waals surface area contributed by atoms with Gasteiger partial charge in [-0.2, -0.15) is 0 Å². The summed E-state index contributed by atoms with van der Waals surface area (Å²) in [6, 6.07) is 18.4. The molecule has 0 aliphatic carbocycles. The van der Waals surface area contributed by atoms with Crippen LogP contribution in [0, 0.1) is 0 Å². The molecule has 0 radical (unpaired) electrons. The van der Waals surface area contributed by atoms with E-state index < -0.39 is 43.0 Å². The molecular weight excluding hydrogens is 376 g/mol. The summed E-state index contributed by atoms with van der Waals surface area (Å²) in [6.45, 7) is 0.309. The van der Waals surface area contributed by atoms with Crippen molar-refractivity contribution in [2.75, 3.05) is 20.8 Å². The SMILES string of the molecule is CO[C@H]1O[C@@H]2CO[C@H](c3ccccc3)O[C@@H]2[C@H](OC)[C@H]1OC(=O)c1ccccc1. The summed E-state index contributed by atoms with van der Waals surface area (Å²) in [5.41, 5.74) is 1.34. The summed E-state index contributed by atoms with van der Waals surface area (Å²) in [4.78, 5) is 12.6. The van der Waals surface area contributed by atoms with Gasteiger partial charge in [-0.1, -0.05) is 48.5 Å². The molecule has 0 bridgehead atoms. The van der Waals surface area contributed by atoms with Crippen molar-refractivity contribution in [3.05, 3.63) is 71.8 Å². The fourth-order valence-electron chi connectivity index (χ4n) is 3.68. The highest BCUT2D eigenvalue weighted by Gasteiger charge is 2.52. The first-order valence-electron chi connectivity index (χ1n) is 9.50. The van der Waals surface area contributed by atoms with E-state index in [1.165, 1.54) is 7.11 Å². The molecule has 29 heavy (non-hydrogen) atoms. The molecule has 2 aliphatic heterocycles. The molecule has 2 aromatic carbocycles. The van der Waals surface area contributed by atoms with Crippen molar-refractivity contribution < 1.29 is 33.2 Å². The van der Waals surface area contributed by atoms with Crippen LogP contribution in [0.25, 0.3) is 0 Å². The molecule has 2 fully saturated rings. The van der Waals surface area contributed by atoms with E-state index in [9.17, 15) is 4.79 Å². The van der Waals surface area contributed by atoms with Gasteiger partial charge in [-0.25, -0.2) is 4.79 Å². The molecule has 0 aromatic heterocycles. The third kappa shape index (κ3) is 4.19. The predicted octanol–water partition coefficient (Wildman–Crippen LogP) is 2.71. The monoisotopic (exact) mass is 400 g/mol. The van der Waals surface area contributed by atoms with Crippen molar-refractivity contribution in [3.8, 4) is 0 Å². The van der Waals surface area contributed by atoms with Gasteiger partial charge in [-0.15, -0.1) is 0 Å². The van der Waals surface area contributed by atoms with Crippen molar-refractivity contribution in [1.82, 2.24) is 0 Å². The van der Waals surface area contributed by atoms with E-state index in [4.69, 9.17) is 28.4 Å². The number of rotatable bonds is 5. The van der Waals surface area contributed by atoms with Gasteiger partial charge in [0.1, 0.15) is 18.3 Å². The van der Waals surface area contributed by atoms with Crippen molar-refractivity contribution in [3.63, 3.8) is 0 Å². The van der Waals surface area contributed by atoms with Crippen LogP contribution in [0.5, 0.6) is 0 Å². The zero-order valence-electron chi connectivity index (χ0n) is 16.3. The Bertz CT molecular complexity index is 797. The van der Waals surface area contributed by atoms with Crippen LogP contribution in [0.2, 0.25) is 0 Å². The van der Waals surface area contributed by atoms with Crippen molar-refractivity contribution >= 4 is 5.97 Å². The van der Waals surface area contributed by atoms with E-state index >= 15 is 0 Å². The minimum absolute atomic E-state index is 0.309. The van der Waals surface area contributed by atoms with Gasteiger partial charge >= 0.3 is 5.97 Å². The van der Waals surface area contributed by atoms with Gasteiger partial charge < -0.3 is 28.4 Å². The summed E-state index contributed by atoms with van der Waals surface area (Å²) >= 11 is 0. The van der Waals surface area contributed by atoms with Crippen LogP contribution < -0.4 is 0 Å². The molecule has 7 nitrogen and oxygen atoms in total. The second-order valence-corrected chi connectivity index (χ2v) is 6.89. The maximum Gasteiger partial charge on any atom is 0.338 e. The zero-order valence-corrected chi connectivity index (χ0v) is 16.3. The second-order valence-electron chi connectivity index (χ2n) is 6.89. The Labute approximate surface area is 169 Å².